The third-order valence-electron chi connectivity index (χ3n) is 3.94. The van der Waals surface area contributed by atoms with Crippen molar-refractivity contribution in [1.29, 1.82) is 0 Å². The summed E-state index contributed by atoms with van der Waals surface area (Å²) in [6.45, 7) is 6.13. The van der Waals surface area contributed by atoms with Gasteiger partial charge in [-0.15, -0.1) is 0 Å². The first-order valence-corrected chi connectivity index (χ1v) is 8.72. The van der Waals surface area contributed by atoms with Crippen molar-refractivity contribution in [2.75, 3.05) is 52.4 Å². The van der Waals surface area contributed by atoms with Crippen molar-refractivity contribution in [1.82, 2.24) is 13.5 Å². The number of nitrogens with zero attached hydrogens (tertiary/aromatic N) is 3. The lowest BCUT2D eigenvalue weighted by atomic mass is 10.3. The Labute approximate surface area is 116 Å². The van der Waals surface area contributed by atoms with Gasteiger partial charge >= 0.3 is 0 Å². The number of nitrogens with two attached hydrogens (primary N) is 1. The van der Waals surface area contributed by atoms with Gasteiger partial charge in [-0.05, 0) is 45.3 Å². The van der Waals surface area contributed by atoms with Crippen LogP contribution >= 0.6 is 0 Å². The van der Waals surface area contributed by atoms with Crippen LogP contribution < -0.4 is 5.73 Å². The summed E-state index contributed by atoms with van der Waals surface area (Å²) >= 11 is 0. The zero-order valence-electron chi connectivity index (χ0n) is 11.6. The van der Waals surface area contributed by atoms with Crippen LogP contribution in [0.5, 0.6) is 0 Å². The molecule has 0 unspecified atom stereocenters. The predicted octanol–water partition coefficient (Wildman–Crippen LogP) is -0.316. The second-order valence-corrected chi connectivity index (χ2v) is 7.28. The molecule has 2 aliphatic rings. The van der Waals surface area contributed by atoms with E-state index in [1.54, 1.807) is 8.61 Å². The highest BCUT2D eigenvalue weighted by atomic mass is 32.2. The standard InChI is InChI=1S/C12H26N4O2S/c13-5-3-6-14-7-4-10-16(12-11-14)19(17,18)15-8-1-2-9-15/h1-13H2. The van der Waals surface area contributed by atoms with Crippen molar-refractivity contribution >= 4 is 10.2 Å². The third kappa shape index (κ3) is 3.88. The van der Waals surface area contributed by atoms with Gasteiger partial charge in [0.25, 0.3) is 10.2 Å². The highest BCUT2D eigenvalue weighted by Gasteiger charge is 2.32. The zero-order valence-corrected chi connectivity index (χ0v) is 12.4. The first-order valence-electron chi connectivity index (χ1n) is 7.32. The molecule has 2 fully saturated rings. The number of rotatable bonds is 5. The summed E-state index contributed by atoms with van der Waals surface area (Å²) in [5.41, 5.74) is 5.52. The van der Waals surface area contributed by atoms with Crippen LogP contribution in [-0.4, -0.2) is 74.3 Å². The monoisotopic (exact) mass is 290 g/mol. The molecule has 0 aromatic heterocycles. The number of hydrogen-bond donors (Lipinski definition) is 1. The molecule has 0 radical (unpaired) electrons. The van der Waals surface area contributed by atoms with Crippen LogP contribution in [0.25, 0.3) is 0 Å². The van der Waals surface area contributed by atoms with Crippen LogP contribution in [0.1, 0.15) is 25.7 Å². The van der Waals surface area contributed by atoms with Crippen molar-refractivity contribution in [2.45, 2.75) is 25.7 Å². The maximum Gasteiger partial charge on any atom is 0.282 e. The Morgan fingerprint density at radius 3 is 2.16 bits per heavy atom. The molecule has 0 amide bonds. The van der Waals surface area contributed by atoms with Gasteiger partial charge in [-0.3, -0.25) is 0 Å². The molecule has 0 saturated carbocycles. The van der Waals surface area contributed by atoms with Crippen molar-refractivity contribution in [3.8, 4) is 0 Å². The maximum atomic E-state index is 12.5. The molecule has 2 N–H and O–H groups in total. The SMILES string of the molecule is NCCCN1CCCN(S(=O)(=O)N2CCCC2)CC1. The Bertz CT molecular complexity index is 368. The van der Waals surface area contributed by atoms with Gasteiger partial charge in [-0.25, -0.2) is 0 Å². The molecular weight excluding hydrogens is 264 g/mol. The minimum Gasteiger partial charge on any atom is -0.330 e. The molecule has 7 heteroatoms. The van der Waals surface area contributed by atoms with Crippen LogP contribution in [0.4, 0.5) is 0 Å². The highest BCUT2D eigenvalue weighted by molar-refractivity contribution is 7.86. The molecule has 6 nitrogen and oxygen atoms in total. The Hall–Kier alpha value is -0.210. The summed E-state index contributed by atoms with van der Waals surface area (Å²) in [4.78, 5) is 2.33. The fourth-order valence-electron chi connectivity index (χ4n) is 2.80. The molecule has 0 atom stereocenters. The first kappa shape index (κ1) is 15.2. The van der Waals surface area contributed by atoms with E-state index in [2.05, 4.69) is 4.90 Å². The van der Waals surface area contributed by atoms with Gasteiger partial charge in [0.2, 0.25) is 0 Å². The minimum atomic E-state index is -3.21. The summed E-state index contributed by atoms with van der Waals surface area (Å²) in [6, 6.07) is 0. The predicted molar refractivity (Wildman–Crippen MR) is 76.0 cm³/mol. The van der Waals surface area contributed by atoms with E-state index in [4.69, 9.17) is 5.73 Å². The largest absolute Gasteiger partial charge is 0.330 e. The van der Waals surface area contributed by atoms with E-state index in [9.17, 15) is 8.42 Å². The zero-order chi connectivity index (χ0) is 13.7. The molecule has 2 heterocycles. The fraction of sp³-hybridized carbons (Fsp3) is 1.00. The van der Waals surface area contributed by atoms with Crippen molar-refractivity contribution in [3.63, 3.8) is 0 Å². The lowest BCUT2D eigenvalue weighted by Crippen LogP contribution is -2.44. The van der Waals surface area contributed by atoms with Gasteiger partial charge in [0.1, 0.15) is 0 Å². The summed E-state index contributed by atoms with van der Waals surface area (Å²) in [5.74, 6) is 0. The van der Waals surface area contributed by atoms with Crippen molar-refractivity contribution in [2.24, 2.45) is 5.73 Å². The Kier molecular flexibility index (Phi) is 5.58. The third-order valence-corrected chi connectivity index (χ3v) is 5.98. The molecule has 112 valence electrons. The lowest BCUT2D eigenvalue weighted by molar-refractivity contribution is 0.282. The summed E-state index contributed by atoms with van der Waals surface area (Å²) in [5, 5.41) is 0. The maximum absolute atomic E-state index is 12.5. The van der Waals surface area contributed by atoms with Gasteiger partial charge in [-0.2, -0.15) is 17.0 Å². The summed E-state index contributed by atoms with van der Waals surface area (Å²) < 4.78 is 28.3. The molecule has 0 aromatic rings. The van der Waals surface area contributed by atoms with E-state index in [-0.39, 0.29) is 0 Å². The molecule has 0 aromatic carbocycles. The number of hydrogen-bond acceptors (Lipinski definition) is 4. The lowest BCUT2D eigenvalue weighted by Gasteiger charge is -2.26. The van der Waals surface area contributed by atoms with Gasteiger partial charge in [0.05, 0.1) is 0 Å². The fourth-order valence-corrected chi connectivity index (χ4v) is 4.52. The van der Waals surface area contributed by atoms with Crippen molar-refractivity contribution in [3.05, 3.63) is 0 Å². The van der Waals surface area contributed by atoms with Crippen LogP contribution in [0, 0.1) is 0 Å². The summed E-state index contributed by atoms with van der Waals surface area (Å²) in [7, 11) is -3.21. The molecule has 2 saturated heterocycles. The van der Waals surface area contributed by atoms with Gasteiger partial charge in [-0.1, -0.05) is 0 Å². The van der Waals surface area contributed by atoms with E-state index in [0.29, 0.717) is 32.7 Å². The van der Waals surface area contributed by atoms with E-state index >= 15 is 0 Å². The van der Waals surface area contributed by atoms with Gasteiger partial charge < -0.3 is 10.6 Å². The molecule has 0 aliphatic carbocycles. The second kappa shape index (κ2) is 6.99. The van der Waals surface area contributed by atoms with E-state index in [0.717, 1.165) is 45.3 Å². The van der Waals surface area contributed by atoms with Crippen LogP contribution in [0.2, 0.25) is 0 Å². The second-order valence-electron chi connectivity index (χ2n) is 5.35. The Balaban J connectivity index is 1.91. The molecule has 0 bridgehead atoms. The minimum absolute atomic E-state index is 0.614. The molecule has 2 aliphatic heterocycles. The summed E-state index contributed by atoms with van der Waals surface area (Å²) in [6.07, 6.45) is 3.89. The van der Waals surface area contributed by atoms with E-state index < -0.39 is 10.2 Å². The average Bonchev–Trinajstić information content (AvgIpc) is 2.83. The molecule has 0 spiro atoms. The van der Waals surface area contributed by atoms with Gasteiger partial charge in [0, 0.05) is 32.7 Å². The quantitative estimate of drug-likeness (QED) is 0.754. The van der Waals surface area contributed by atoms with Crippen LogP contribution in [-0.2, 0) is 10.2 Å². The highest BCUT2D eigenvalue weighted by Crippen LogP contribution is 2.18. The molecule has 2 rings (SSSR count). The van der Waals surface area contributed by atoms with Crippen LogP contribution in [0.15, 0.2) is 0 Å². The van der Waals surface area contributed by atoms with Crippen molar-refractivity contribution < 1.29 is 8.42 Å². The smallest absolute Gasteiger partial charge is 0.282 e. The van der Waals surface area contributed by atoms with Crippen LogP contribution in [0.3, 0.4) is 0 Å². The average molecular weight is 290 g/mol. The topological polar surface area (TPSA) is 69.9 Å². The normalized spacial score (nSPS) is 24.7. The van der Waals surface area contributed by atoms with E-state index in [1.165, 1.54) is 0 Å². The first-order chi connectivity index (χ1) is 9.14. The van der Waals surface area contributed by atoms with E-state index in [1.807, 2.05) is 0 Å². The Morgan fingerprint density at radius 2 is 1.47 bits per heavy atom. The molecular formula is C12H26N4O2S. The Morgan fingerprint density at radius 1 is 0.842 bits per heavy atom. The van der Waals surface area contributed by atoms with Gasteiger partial charge in [0.15, 0.2) is 0 Å². The molecule has 19 heavy (non-hydrogen) atoms.